The number of aliphatic hydroxyl groups excluding tert-OH is 1. The Hall–Kier alpha value is -2.09. The number of sulfone groups is 1. The fraction of sp³-hybridized carbons (Fsp3) is 0.368. The van der Waals surface area contributed by atoms with Crippen LogP contribution in [0, 0.1) is 0 Å². The molecule has 0 amide bonds. The largest absolute Gasteiger partial charge is 0.486 e. The first-order valence-corrected chi connectivity index (χ1v) is 10.1. The van der Waals surface area contributed by atoms with Crippen molar-refractivity contribution in [3.05, 3.63) is 48.5 Å². The summed E-state index contributed by atoms with van der Waals surface area (Å²) in [7, 11) is -3.60. The average molecular weight is 375 g/mol. The molecule has 0 spiro atoms. The zero-order chi connectivity index (χ0) is 18.1. The highest BCUT2D eigenvalue weighted by atomic mass is 32.2. The first-order chi connectivity index (χ1) is 12.5. The molecule has 2 aromatic rings. The maximum absolute atomic E-state index is 12.8. The molecule has 1 fully saturated rings. The van der Waals surface area contributed by atoms with Crippen LogP contribution in [0.1, 0.15) is 6.42 Å². The normalized spacial score (nSPS) is 23.1. The minimum atomic E-state index is -3.60. The minimum absolute atomic E-state index is 0.184. The van der Waals surface area contributed by atoms with Crippen molar-refractivity contribution in [3.63, 3.8) is 0 Å². The quantitative estimate of drug-likeness (QED) is 0.877. The molecule has 0 aliphatic carbocycles. The van der Waals surface area contributed by atoms with Gasteiger partial charge >= 0.3 is 0 Å². The summed E-state index contributed by atoms with van der Waals surface area (Å²) in [6.07, 6.45) is 0.292. The van der Waals surface area contributed by atoms with Gasteiger partial charge in [-0.15, -0.1) is 0 Å². The smallest absolute Gasteiger partial charge is 0.206 e. The summed E-state index contributed by atoms with van der Waals surface area (Å²) in [5.74, 6) is 0.993. The molecule has 6 nitrogen and oxygen atoms in total. The van der Waals surface area contributed by atoms with Crippen molar-refractivity contribution < 1.29 is 23.0 Å². The maximum Gasteiger partial charge on any atom is 0.206 e. The zero-order valence-electron chi connectivity index (χ0n) is 14.2. The lowest BCUT2D eigenvalue weighted by atomic mass is 10.2. The van der Waals surface area contributed by atoms with Crippen molar-refractivity contribution in [3.8, 4) is 11.5 Å². The first kappa shape index (κ1) is 17.3. The second-order valence-electron chi connectivity index (χ2n) is 6.68. The van der Waals surface area contributed by atoms with Crippen LogP contribution in [0.5, 0.6) is 11.5 Å². The molecule has 2 heterocycles. The van der Waals surface area contributed by atoms with Crippen molar-refractivity contribution in [2.45, 2.75) is 28.4 Å². The molecule has 2 atom stereocenters. The molecule has 0 radical (unpaired) electrons. The van der Waals surface area contributed by atoms with Crippen LogP contribution in [0.2, 0.25) is 0 Å². The summed E-state index contributed by atoms with van der Waals surface area (Å²) >= 11 is 0. The van der Waals surface area contributed by atoms with Gasteiger partial charge in [-0.1, -0.05) is 18.2 Å². The summed E-state index contributed by atoms with van der Waals surface area (Å²) in [6, 6.07) is 13.0. The molecule has 1 saturated heterocycles. The predicted molar refractivity (Wildman–Crippen MR) is 95.3 cm³/mol. The van der Waals surface area contributed by atoms with E-state index < -0.39 is 9.84 Å². The standard InChI is InChI=1S/C19H21NO5S/c21-14-8-9-20(11-14)12-15-13-24-18-7-6-17(10-19(18)25-15)26(22,23)16-4-2-1-3-5-16/h1-7,10,14-15,21H,8-9,11-13H2. The van der Waals surface area contributed by atoms with E-state index in [1.54, 1.807) is 42.5 Å². The summed E-state index contributed by atoms with van der Waals surface area (Å²) < 4.78 is 37.3. The molecule has 26 heavy (non-hydrogen) atoms. The molecule has 0 bridgehead atoms. The van der Waals surface area contributed by atoms with E-state index in [0.29, 0.717) is 31.2 Å². The Morgan fingerprint density at radius 3 is 2.62 bits per heavy atom. The van der Waals surface area contributed by atoms with Crippen molar-refractivity contribution in [1.82, 2.24) is 4.90 Å². The molecule has 7 heteroatoms. The number of aliphatic hydroxyl groups is 1. The third kappa shape index (κ3) is 3.42. The first-order valence-electron chi connectivity index (χ1n) is 8.66. The highest BCUT2D eigenvalue weighted by Gasteiger charge is 2.28. The van der Waals surface area contributed by atoms with Crippen LogP contribution in [0.4, 0.5) is 0 Å². The van der Waals surface area contributed by atoms with E-state index in [1.165, 1.54) is 6.07 Å². The Morgan fingerprint density at radius 1 is 1.08 bits per heavy atom. The third-order valence-electron chi connectivity index (χ3n) is 4.71. The number of hydrogen-bond donors (Lipinski definition) is 1. The Bertz CT molecular complexity index is 884. The Kier molecular flexibility index (Phi) is 4.60. The number of likely N-dealkylation sites (tertiary alicyclic amines) is 1. The number of nitrogens with zero attached hydrogens (tertiary/aromatic N) is 1. The van der Waals surface area contributed by atoms with Gasteiger partial charge in [0.2, 0.25) is 9.84 Å². The number of benzene rings is 2. The summed E-state index contributed by atoms with van der Waals surface area (Å²) in [6.45, 7) is 2.52. The zero-order valence-corrected chi connectivity index (χ0v) is 15.1. The molecule has 138 valence electrons. The van der Waals surface area contributed by atoms with Gasteiger partial charge in [-0.2, -0.15) is 0 Å². The lowest BCUT2D eigenvalue weighted by Gasteiger charge is -2.29. The Balaban J connectivity index is 1.54. The van der Waals surface area contributed by atoms with Crippen LogP contribution in [-0.4, -0.2) is 56.9 Å². The average Bonchev–Trinajstić information content (AvgIpc) is 3.06. The Labute approximate surface area is 152 Å². The van der Waals surface area contributed by atoms with Gasteiger partial charge < -0.3 is 14.6 Å². The molecule has 0 aromatic heterocycles. The summed E-state index contributed by atoms with van der Waals surface area (Å²) in [4.78, 5) is 2.57. The minimum Gasteiger partial charge on any atom is -0.486 e. The molecule has 2 aliphatic heterocycles. The fourth-order valence-corrected chi connectivity index (χ4v) is 4.65. The number of ether oxygens (including phenoxy) is 2. The maximum atomic E-state index is 12.8. The predicted octanol–water partition coefficient (Wildman–Crippen LogP) is 1.73. The van der Waals surface area contributed by atoms with Crippen molar-refractivity contribution in [2.24, 2.45) is 0 Å². The summed E-state index contributed by atoms with van der Waals surface area (Å²) in [5.41, 5.74) is 0. The lowest BCUT2D eigenvalue weighted by Crippen LogP contribution is -2.40. The number of fused-ring (bicyclic) bond motifs is 1. The number of rotatable bonds is 4. The molecule has 2 unspecified atom stereocenters. The SMILES string of the molecule is O=S(=O)(c1ccccc1)c1ccc2c(c1)OC(CN1CCC(O)C1)CO2. The second-order valence-corrected chi connectivity index (χ2v) is 8.63. The van der Waals surface area contributed by atoms with E-state index in [0.717, 1.165) is 13.0 Å². The van der Waals surface area contributed by atoms with E-state index in [9.17, 15) is 13.5 Å². The molecule has 2 aliphatic rings. The van der Waals surface area contributed by atoms with Crippen LogP contribution in [0.15, 0.2) is 58.3 Å². The van der Waals surface area contributed by atoms with Crippen molar-refractivity contribution in [2.75, 3.05) is 26.2 Å². The molecular weight excluding hydrogens is 354 g/mol. The second kappa shape index (κ2) is 6.90. The fourth-order valence-electron chi connectivity index (χ4n) is 3.35. The molecular formula is C19H21NO5S. The van der Waals surface area contributed by atoms with Gasteiger partial charge in [0.25, 0.3) is 0 Å². The third-order valence-corrected chi connectivity index (χ3v) is 6.47. The van der Waals surface area contributed by atoms with Crippen LogP contribution in [0.25, 0.3) is 0 Å². The van der Waals surface area contributed by atoms with Crippen LogP contribution >= 0.6 is 0 Å². The number of β-amino-alcohol motifs (C(OH)–C–C–N with tert-alkyl or cyclic N) is 1. The monoisotopic (exact) mass is 375 g/mol. The molecule has 0 saturated carbocycles. The molecule has 4 rings (SSSR count). The van der Waals surface area contributed by atoms with Gasteiger partial charge in [-0.05, 0) is 30.7 Å². The topological polar surface area (TPSA) is 76.1 Å². The van der Waals surface area contributed by atoms with E-state index in [4.69, 9.17) is 9.47 Å². The van der Waals surface area contributed by atoms with Gasteiger partial charge in [0.15, 0.2) is 11.5 Å². The van der Waals surface area contributed by atoms with E-state index in [-0.39, 0.29) is 22.0 Å². The molecule has 2 aromatic carbocycles. The van der Waals surface area contributed by atoms with Crippen LogP contribution in [-0.2, 0) is 9.84 Å². The summed E-state index contributed by atoms with van der Waals surface area (Å²) in [5, 5.41) is 9.64. The van der Waals surface area contributed by atoms with Crippen molar-refractivity contribution >= 4 is 9.84 Å². The van der Waals surface area contributed by atoms with Gasteiger partial charge in [0.05, 0.1) is 15.9 Å². The Morgan fingerprint density at radius 2 is 1.88 bits per heavy atom. The van der Waals surface area contributed by atoms with Crippen molar-refractivity contribution in [1.29, 1.82) is 0 Å². The van der Waals surface area contributed by atoms with E-state index in [2.05, 4.69) is 4.90 Å². The van der Waals surface area contributed by atoms with Gasteiger partial charge in [0.1, 0.15) is 12.7 Å². The van der Waals surface area contributed by atoms with E-state index >= 15 is 0 Å². The highest BCUT2D eigenvalue weighted by molar-refractivity contribution is 7.91. The molecule has 1 N–H and O–H groups in total. The number of hydrogen-bond acceptors (Lipinski definition) is 6. The van der Waals surface area contributed by atoms with E-state index in [1.807, 2.05) is 0 Å². The van der Waals surface area contributed by atoms with Crippen LogP contribution < -0.4 is 9.47 Å². The van der Waals surface area contributed by atoms with Gasteiger partial charge in [0, 0.05) is 25.7 Å². The van der Waals surface area contributed by atoms with Crippen LogP contribution in [0.3, 0.4) is 0 Å². The van der Waals surface area contributed by atoms with Gasteiger partial charge in [-0.25, -0.2) is 8.42 Å². The highest BCUT2D eigenvalue weighted by Crippen LogP contribution is 2.35. The van der Waals surface area contributed by atoms with Gasteiger partial charge in [-0.3, -0.25) is 4.90 Å². The lowest BCUT2D eigenvalue weighted by molar-refractivity contribution is 0.0607.